The summed E-state index contributed by atoms with van der Waals surface area (Å²) >= 11 is 0. The smallest absolute Gasteiger partial charge is 0.191 e. The van der Waals surface area contributed by atoms with Gasteiger partial charge in [-0.25, -0.2) is 4.39 Å². The summed E-state index contributed by atoms with van der Waals surface area (Å²) in [4.78, 5) is 4.24. The zero-order valence-electron chi connectivity index (χ0n) is 15.7. The van der Waals surface area contributed by atoms with Crippen LogP contribution in [-0.4, -0.2) is 26.7 Å². The van der Waals surface area contributed by atoms with Gasteiger partial charge in [-0.3, -0.25) is 4.99 Å². The van der Waals surface area contributed by atoms with Crippen molar-refractivity contribution in [1.82, 2.24) is 10.6 Å². The Balaban J connectivity index is 0.00000338. The third kappa shape index (κ3) is 5.86. The lowest BCUT2D eigenvalue weighted by molar-refractivity contribution is 0.409. The minimum Gasteiger partial charge on any atom is -0.496 e. The molecule has 2 N–H and O–H groups in total. The number of hydrogen-bond acceptors (Lipinski definition) is 2. The Morgan fingerprint density at radius 1 is 1.08 bits per heavy atom. The number of methoxy groups -OCH3 is 1. The summed E-state index contributed by atoms with van der Waals surface area (Å²) in [5.41, 5.74) is 1.36. The fraction of sp³-hybridized carbons (Fsp3) is 0.350. The normalized spacial score (nSPS) is 11.5. The van der Waals surface area contributed by atoms with Gasteiger partial charge >= 0.3 is 0 Å². The Morgan fingerprint density at radius 3 is 2.38 bits per heavy atom. The molecule has 2 rings (SSSR count). The van der Waals surface area contributed by atoms with Crippen LogP contribution in [0.1, 0.15) is 25.0 Å². The fourth-order valence-corrected chi connectivity index (χ4v) is 2.66. The van der Waals surface area contributed by atoms with Crippen molar-refractivity contribution in [2.45, 2.75) is 25.8 Å². The Kier molecular flexibility index (Phi) is 8.84. The first-order valence-corrected chi connectivity index (χ1v) is 8.29. The van der Waals surface area contributed by atoms with Crippen LogP contribution in [0.4, 0.5) is 4.39 Å². The van der Waals surface area contributed by atoms with E-state index in [4.69, 9.17) is 4.74 Å². The molecule has 0 aliphatic rings. The summed E-state index contributed by atoms with van der Waals surface area (Å²) < 4.78 is 19.4. The van der Waals surface area contributed by atoms with Crippen LogP contribution in [0, 0.1) is 5.82 Å². The van der Waals surface area contributed by atoms with Gasteiger partial charge in [-0.15, -0.1) is 24.0 Å². The molecule has 2 aromatic rings. The second kappa shape index (κ2) is 10.4. The minimum atomic E-state index is -0.368. The molecule has 0 aliphatic heterocycles. The summed E-state index contributed by atoms with van der Waals surface area (Å²) in [5, 5.41) is 6.54. The number of rotatable bonds is 6. The van der Waals surface area contributed by atoms with E-state index in [1.165, 1.54) is 6.07 Å². The zero-order valence-corrected chi connectivity index (χ0v) is 18.0. The maximum absolute atomic E-state index is 14.1. The lowest BCUT2D eigenvalue weighted by atomic mass is 9.84. The minimum absolute atomic E-state index is 0. The van der Waals surface area contributed by atoms with Crippen molar-refractivity contribution in [1.29, 1.82) is 0 Å². The molecular weight excluding hydrogens is 444 g/mol. The number of hydrogen-bond donors (Lipinski definition) is 2. The Labute approximate surface area is 172 Å². The maximum atomic E-state index is 14.1. The Morgan fingerprint density at radius 2 is 1.73 bits per heavy atom. The average molecular weight is 471 g/mol. The maximum Gasteiger partial charge on any atom is 0.191 e. The molecule has 0 spiro atoms. The van der Waals surface area contributed by atoms with E-state index in [1.54, 1.807) is 20.2 Å². The predicted octanol–water partition coefficient (Wildman–Crippen LogP) is 4.10. The van der Waals surface area contributed by atoms with Crippen LogP contribution in [0.15, 0.2) is 53.5 Å². The van der Waals surface area contributed by atoms with Gasteiger partial charge < -0.3 is 15.4 Å². The number of benzene rings is 2. The van der Waals surface area contributed by atoms with Crippen LogP contribution in [-0.2, 0) is 12.0 Å². The van der Waals surface area contributed by atoms with Gasteiger partial charge in [0.2, 0.25) is 0 Å². The predicted molar refractivity (Wildman–Crippen MR) is 116 cm³/mol. The van der Waals surface area contributed by atoms with Gasteiger partial charge in [0.05, 0.1) is 7.11 Å². The number of nitrogens with one attached hydrogen (secondary N) is 2. The molecule has 0 atom stereocenters. The second-order valence-corrected chi connectivity index (χ2v) is 6.45. The van der Waals surface area contributed by atoms with E-state index in [1.807, 2.05) is 50.2 Å². The third-order valence-corrected chi connectivity index (χ3v) is 4.16. The quantitative estimate of drug-likeness (QED) is 0.379. The van der Waals surface area contributed by atoms with E-state index in [0.29, 0.717) is 24.6 Å². The number of halogens is 2. The van der Waals surface area contributed by atoms with Crippen molar-refractivity contribution in [2.24, 2.45) is 4.99 Å². The first-order valence-electron chi connectivity index (χ1n) is 8.29. The molecule has 0 amide bonds. The van der Waals surface area contributed by atoms with Gasteiger partial charge in [-0.2, -0.15) is 0 Å². The van der Waals surface area contributed by atoms with Crippen LogP contribution in [0.25, 0.3) is 0 Å². The molecule has 2 aromatic carbocycles. The highest BCUT2D eigenvalue weighted by Gasteiger charge is 2.24. The topological polar surface area (TPSA) is 45.7 Å². The molecule has 0 unspecified atom stereocenters. The van der Waals surface area contributed by atoms with Gasteiger partial charge in [0.15, 0.2) is 5.96 Å². The number of guanidine groups is 1. The van der Waals surface area contributed by atoms with Crippen LogP contribution in [0.2, 0.25) is 0 Å². The summed E-state index contributed by atoms with van der Waals surface area (Å²) in [6, 6.07) is 14.7. The van der Waals surface area contributed by atoms with Crippen molar-refractivity contribution in [3.8, 4) is 5.75 Å². The highest BCUT2D eigenvalue weighted by atomic mass is 127. The summed E-state index contributed by atoms with van der Waals surface area (Å²) in [6.07, 6.45) is 0. The highest BCUT2D eigenvalue weighted by Crippen LogP contribution is 2.24. The lowest BCUT2D eigenvalue weighted by Gasteiger charge is -2.27. The molecule has 4 nitrogen and oxygen atoms in total. The van der Waals surface area contributed by atoms with Gasteiger partial charge in [0.25, 0.3) is 0 Å². The van der Waals surface area contributed by atoms with Crippen LogP contribution in [0.3, 0.4) is 0 Å². The lowest BCUT2D eigenvalue weighted by Crippen LogP contribution is -2.43. The fourth-order valence-electron chi connectivity index (χ4n) is 2.66. The zero-order chi connectivity index (χ0) is 18.3. The average Bonchev–Trinajstić information content (AvgIpc) is 2.62. The SMILES string of the molecule is CN=C(NCc1ccccc1OC)NCC(C)(C)c1ccccc1F.I. The van der Waals surface area contributed by atoms with Crippen LogP contribution < -0.4 is 15.4 Å². The van der Waals surface area contributed by atoms with Crippen molar-refractivity contribution in [3.63, 3.8) is 0 Å². The molecule has 0 fully saturated rings. The van der Waals surface area contributed by atoms with Gasteiger partial charge in [-0.05, 0) is 17.7 Å². The molecule has 26 heavy (non-hydrogen) atoms. The molecular formula is C20H27FIN3O. The Hall–Kier alpha value is -1.83. The van der Waals surface area contributed by atoms with E-state index in [2.05, 4.69) is 15.6 Å². The van der Waals surface area contributed by atoms with E-state index < -0.39 is 0 Å². The van der Waals surface area contributed by atoms with E-state index in [9.17, 15) is 4.39 Å². The summed E-state index contributed by atoms with van der Waals surface area (Å²) in [6.45, 7) is 5.15. The molecule has 0 aliphatic carbocycles. The molecule has 0 bridgehead atoms. The van der Waals surface area contributed by atoms with E-state index >= 15 is 0 Å². The van der Waals surface area contributed by atoms with Crippen molar-refractivity contribution < 1.29 is 9.13 Å². The van der Waals surface area contributed by atoms with Crippen molar-refractivity contribution >= 4 is 29.9 Å². The van der Waals surface area contributed by atoms with Crippen LogP contribution in [0.5, 0.6) is 5.75 Å². The summed E-state index contributed by atoms with van der Waals surface area (Å²) in [5.74, 6) is 1.30. The first kappa shape index (κ1) is 22.2. The molecule has 0 radical (unpaired) electrons. The third-order valence-electron chi connectivity index (χ3n) is 4.16. The highest BCUT2D eigenvalue weighted by molar-refractivity contribution is 14.0. The molecule has 0 heterocycles. The summed E-state index contributed by atoms with van der Waals surface area (Å²) in [7, 11) is 3.37. The molecule has 0 saturated carbocycles. The standard InChI is InChI=1S/C20H26FN3O.HI/c1-20(2,16-10-6-7-11-17(16)21)14-24-19(22-3)23-13-15-9-5-8-12-18(15)25-4;/h5-12H,13-14H2,1-4H3,(H2,22,23,24);1H. The van der Waals surface area contributed by atoms with Gasteiger partial charge in [0, 0.05) is 31.1 Å². The van der Waals surface area contributed by atoms with E-state index in [-0.39, 0.29) is 35.2 Å². The molecule has 142 valence electrons. The number of aliphatic imine (C=N–C) groups is 1. The number of nitrogens with zero attached hydrogens (tertiary/aromatic N) is 1. The number of para-hydroxylation sites is 1. The Bertz CT molecular complexity index is 735. The van der Waals surface area contributed by atoms with Crippen LogP contribution >= 0.6 is 24.0 Å². The largest absolute Gasteiger partial charge is 0.496 e. The van der Waals surface area contributed by atoms with Gasteiger partial charge in [0.1, 0.15) is 11.6 Å². The monoisotopic (exact) mass is 471 g/mol. The second-order valence-electron chi connectivity index (χ2n) is 6.45. The molecule has 6 heteroatoms. The van der Waals surface area contributed by atoms with Gasteiger partial charge in [-0.1, -0.05) is 50.2 Å². The number of ether oxygens (including phenoxy) is 1. The van der Waals surface area contributed by atoms with E-state index in [0.717, 1.165) is 11.3 Å². The van der Waals surface area contributed by atoms with Crippen molar-refractivity contribution in [3.05, 3.63) is 65.5 Å². The van der Waals surface area contributed by atoms with Crippen molar-refractivity contribution in [2.75, 3.05) is 20.7 Å². The molecule has 0 aromatic heterocycles. The molecule has 0 saturated heterocycles. The first-order chi connectivity index (χ1) is 12.0.